The lowest BCUT2D eigenvalue weighted by Crippen LogP contribution is -2.02. The first-order chi connectivity index (χ1) is 8.38. The van der Waals surface area contributed by atoms with Crippen molar-refractivity contribution < 1.29 is 0 Å². The van der Waals surface area contributed by atoms with Crippen LogP contribution in [0.2, 0.25) is 0 Å². The largest absolute Gasteiger partial charge is 0.326 e. The SMILES string of the molecule is NCc1cncc(-n2nnc3ccccc32)c1. The molecule has 2 aromatic heterocycles. The molecular formula is C12H11N5. The van der Waals surface area contributed by atoms with E-state index in [2.05, 4.69) is 15.3 Å². The van der Waals surface area contributed by atoms with Gasteiger partial charge in [-0.25, -0.2) is 4.68 Å². The molecule has 5 nitrogen and oxygen atoms in total. The molecule has 0 amide bonds. The molecule has 0 spiro atoms. The summed E-state index contributed by atoms with van der Waals surface area (Å²) in [6, 6.07) is 9.77. The molecule has 0 saturated heterocycles. The van der Waals surface area contributed by atoms with Gasteiger partial charge in [0.25, 0.3) is 0 Å². The van der Waals surface area contributed by atoms with Gasteiger partial charge < -0.3 is 5.73 Å². The normalized spacial score (nSPS) is 10.9. The van der Waals surface area contributed by atoms with E-state index in [4.69, 9.17) is 5.73 Å². The second-order valence-corrected chi connectivity index (χ2v) is 3.75. The lowest BCUT2D eigenvalue weighted by molar-refractivity contribution is 0.817. The Morgan fingerprint density at radius 3 is 2.94 bits per heavy atom. The second-order valence-electron chi connectivity index (χ2n) is 3.75. The Labute approximate surface area is 97.9 Å². The van der Waals surface area contributed by atoms with Crippen LogP contribution >= 0.6 is 0 Å². The minimum atomic E-state index is 0.466. The summed E-state index contributed by atoms with van der Waals surface area (Å²) < 4.78 is 1.77. The minimum absolute atomic E-state index is 0.466. The van der Waals surface area contributed by atoms with Crippen LogP contribution in [0.4, 0.5) is 0 Å². The molecule has 84 valence electrons. The topological polar surface area (TPSA) is 69.6 Å². The maximum atomic E-state index is 5.60. The van der Waals surface area contributed by atoms with E-state index in [1.54, 1.807) is 17.1 Å². The smallest absolute Gasteiger partial charge is 0.113 e. The summed E-state index contributed by atoms with van der Waals surface area (Å²) in [5.41, 5.74) is 9.28. The fourth-order valence-electron chi connectivity index (χ4n) is 1.76. The summed E-state index contributed by atoms with van der Waals surface area (Å²) >= 11 is 0. The summed E-state index contributed by atoms with van der Waals surface area (Å²) in [7, 11) is 0. The fraction of sp³-hybridized carbons (Fsp3) is 0.0833. The lowest BCUT2D eigenvalue weighted by atomic mass is 10.2. The van der Waals surface area contributed by atoms with Gasteiger partial charge in [-0.15, -0.1) is 5.10 Å². The van der Waals surface area contributed by atoms with Gasteiger partial charge in [0.2, 0.25) is 0 Å². The molecule has 0 aliphatic heterocycles. The van der Waals surface area contributed by atoms with Gasteiger partial charge >= 0.3 is 0 Å². The van der Waals surface area contributed by atoms with Crippen LogP contribution in [-0.2, 0) is 6.54 Å². The van der Waals surface area contributed by atoms with E-state index in [1.807, 2.05) is 30.3 Å². The molecule has 3 rings (SSSR count). The fourth-order valence-corrected chi connectivity index (χ4v) is 1.76. The van der Waals surface area contributed by atoms with Gasteiger partial charge in [-0.2, -0.15) is 0 Å². The average molecular weight is 225 g/mol. The molecule has 2 N–H and O–H groups in total. The van der Waals surface area contributed by atoms with E-state index in [0.29, 0.717) is 6.54 Å². The number of fused-ring (bicyclic) bond motifs is 1. The maximum Gasteiger partial charge on any atom is 0.113 e. The monoisotopic (exact) mass is 225 g/mol. The van der Waals surface area contributed by atoms with E-state index in [1.165, 1.54) is 0 Å². The molecule has 1 aromatic carbocycles. The minimum Gasteiger partial charge on any atom is -0.326 e. The Balaban J connectivity index is 2.20. The molecule has 0 saturated carbocycles. The molecule has 2 heterocycles. The second kappa shape index (κ2) is 3.95. The van der Waals surface area contributed by atoms with E-state index >= 15 is 0 Å². The standard InChI is InChI=1S/C12H11N5/c13-6-9-5-10(8-14-7-9)17-12-4-2-1-3-11(12)15-16-17/h1-5,7-8H,6,13H2. The van der Waals surface area contributed by atoms with Crippen molar-refractivity contribution in [2.24, 2.45) is 5.73 Å². The number of pyridine rings is 1. The highest BCUT2D eigenvalue weighted by molar-refractivity contribution is 5.75. The van der Waals surface area contributed by atoms with Crippen LogP contribution in [-0.4, -0.2) is 20.0 Å². The molecular weight excluding hydrogens is 214 g/mol. The van der Waals surface area contributed by atoms with Crippen LogP contribution in [0.5, 0.6) is 0 Å². The first-order valence-electron chi connectivity index (χ1n) is 5.33. The van der Waals surface area contributed by atoms with Gasteiger partial charge in [-0.05, 0) is 23.8 Å². The van der Waals surface area contributed by atoms with Crippen molar-refractivity contribution >= 4 is 11.0 Å². The Morgan fingerprint density at radius 1 is 1.18 bits per heavy atom. The zero-order valence-corrected chi connectivity index (χ0v) is 9.11. The summed E-state index contributed by atoms with van der Waals surface area (Å²) in [6.07, 6.45) is 3.50. The van der Waals surface area contributed by atoms with E-state index in [9.17, 15) is 0 Å². The number of rotatable bonds is 2. The van der Waals surface area contributed by atoms with Crippen molar-refractivity contribution in [2.75, 3.05) is 0 Å². The predicted molar refractivity (Wildman–Crippen MR) is 64.6 cm³/mol. The Bertz CT molecular complexity index is 659. The van der Waals surface area contributed by atoms with Gasteiger partial charge in [-0.3, -0.25) is 4.98 Å². The predicted octanol–water partition coefficient (Wildman–Crippen LogP) is 1.27. The molecule has 0 bridgehead atoms. The molecule has 0 atom stereocenters. The third-order valence-electron chi connectivity index (χ3n) is 2.61. The molecule has 3 aromatic rings. The summed E-state index contributed by atoms with van der Waals surface area (Å²) in [6.45, 7) is 0.466. The molecule has 0 aliphatic carbocycles. The van der Waals surface area contributed by atoms with Crippen LogP contribution in [0.3, 0.4) is 0 Å². The van der Waals surface area contributed by atoms with Crippen molar-refractivity contribution in [1.29, 1.82) is 0 Å². The van der Waals surface area contributed by atoms with E-state index in [0.717, 1.165) is 22.3 Å². The zero-order chi connectivity index (χ0) is 11.7. The number of nitrogens with two attached hydrogens (primary N) is 1. The Hall–Kier alpha value is -2.27. The van der Waals surface area contributed by atoms with Gasteiger partial charge in [0, 0.05) is 12.7 Å². The quantitative estimate of drug-likeness (QED) is 0.713. The summed E-state index contributed by atoms with van der Waals surface area (Å²) in [5, 5.41) is 8.23. The first-order valence-corrected chi connectivity index (χ1v) is 5.33. The van der Waals surface area contributed by atoms with Crippen LogP contribution < -0.4 is 5.73 Å². The number of benzene rings is 1. The van der Waals surface area contributed by atoms with E-state index < -0.39 is 0 Å². The number of hydrogen-bond acceptors (Lipinski definition) is 4. The van der Waals surface area contributed by atoms with Gasteiger partial charge in [0.1, 0.15) is 5.52 Å². The molecule has 0 radical (unpaired) electrons. The summed E-state index contributed by atoms with van der Waals surface area (Å²) in [5.74, 6) is 0. The van der Waals surface area contributed by atoms with Crippen LogP contribution in [0, 0.1) is 0 Å². The number of para-hydroxylation sites is 1. The zero-order valence-electron chi connectivity index (χ0n) is 9.11. The van der Waals surface area contributed by atoms with Gasteiger partial charge in [0.05, 0.1) is 17.4 Å². The van der Waals surface area contributed by atoms with Crippen molar-refractivity contribution in [3.63, 3.8) is 0 Å². The van der Waals surface area contributed by atoms with Crippen LogP contribution in [0.1, 0.15) is 5.56 Å². The number of hydrogen-bond donors (Lipinski definition) is 1. The highest BCUT2D eigenvalue weighted by Crippen LogP contribution is 2.15. The highest BCUT2D eigenvalue weighted by Gasteiger charge is 2.06. The average Bonchev–Trinajstić information content (AvgIpc) is 2.82. The van der Waals surface area contributed by atoms with Crippen LogP contribution in [0.15, 0.2) is 42.7 Å². The first kappa shape index (κ1) is 9.92. The number of nitrogens with zero attached hydrogens (tertiary/aromatic N) is 4. The summed E-state index contributed by atoms with van der Waals surface area (Å²) in [4.78, 5) is 4.15. The Morgan fingerprint density at radius 2 is 2.06 bits per heavy atom. The van der Waals surface area contributed by atoms with E-state index in [-0.39, 0.29) is 0 Å². The molecule has 0 aliphatic rings. The van der Waals surface area contributed by atoms with Crippen molar-refractivity contribution in [1.82, 2.24) is 20.0 Å². The molecule has 5 heteroatoms. The molecule has 17 heavy (non-hydrogen) atoms. The third kappa shape index (κ3) is 1.66. The molecule has 0 fully saturated rings. The lowest BCUT2D eigenvalue weighted by Gasteiger charge is -2.03. The third-order valence-corrected chi connectivity index (χ3v) is 2.61. The maximum absolute atomic E-state index is 5.60. The highest BCUT2D eigenvalue weighted by atomic mass is 15.4. The van der Waals surface area contributed by atoms with Crippen LogP contribution in [0.25, 0.3) is 16.7 Å². The van der Waals surface area contributed by atoms with Crippen molar-refractivity contribution in [2.45, 2.75) is 6.54 Å². The number of aromatic nitrogens is 4. The molecule has 0 unspecified atom stereocenters. The van der Waals surface area contributed by atoms with Crippen molar-refractivity contribution in [3.8, 4) is 5.69 Å². The van der Waals surface area contributed by atoms with Crippen molar-refractivity contribution in [3.05, 3.63) is 48.3 Å². The van der Waals surface area contributed by atoms with Gasteiger partial charge in [-0.1, -0.05) is 17.3 Å². The Kier molecular flexibility index (Phi) is 2.31. The van der Waals surface area contributed by atoms with Gasteiger partial charge in [0.15, 0.2) is 0 Å².